The number of sulfone groups is 1. The minimum absolute atomic E-state index is 0.267. The maximum Gasteiger partial charge on any atom is 0.237 e. The summed E-state index contributed by atoms with van der Waals surface area (Å²) in [6, 6.07) is 5.45. The Morgan fingerprint density at radius 2 is 2.00 bits per heavy atom. The van der Waals surface area contributed by atoms with Crippen LogP contribution in [0.5, 0.6) is 11.5 Å². The summed E-state index contributed by atoms with van der Waals surface area (Å²) in [5.74, 6) is -0.0108. The van der Waals surface area contributed by atoms with Crippen molar-refractivity contribution < 1.29 is 22.7 Å². The molecule has 0 bridgehead atoms. The molecule has 0 aliphatic rings. The van der Waals surface area contributed by atoms with Gasteiger partial charge in [0.25, 0.3) is 0 Å². The van der Waals surface area contributed by atoms with E-state index in [0.717, 1.165) is 5.56 Å². The zero-order valence-corrected chi connectivity index (χ0v) is 16.8. The first-order chi connectivity index (χ1) is 12.3. The highest BCUT2D eigenvalue weighted by molar-refractivity contribution is 7.91. The predicted octanol–water partition coefficient (Wildman–Crippen LogP) is 2.22. The van der Waals surface area contributed by atoms with Crippen molar-refractivity contribution in [2.45, 2.75) is 12.7 Å². The van der Waals surface area contributed by atoms with Crippen LogP contribution in [0, 0.1) is 0 Å². The number of hydrogen-bond acceptors (Lipinski definition) is 7. The van der Waals surface area contributed by atoms with Gasteiger partial charge in [-0.1, -0.05) is 0 Å². The lowest BCUT2D eigenvalue weighted by Gasteiger charge is -2.10. The van der Waals surface area contributed by atoms with Gasteiger partial charge in [0.15, 0.2) is 21.3 Å². The summed E-state index contributed by atoms with van der Waals surface area (Å²) in [7, 11) is 1.04. The molecule has 0 saturated carbocycles. The quantitative estimate of drug-likeness (QED) is 0.678. The molecule has 26 heavy (non-hydrogen) atoms. The van der Waals surface area contributed by atoms with Crippen LogP contribution < -0.4 is 9.47 Å². The van der Waals surface area contributed by atoms with Crippen LogP contribution in [-0.4, -0.2) is 57.8 Å². The summed E-state index contributed by atoms with van der Waals surface area (Å²) < 4.78 is 35.1. The third-order valence-electron chi connectivity index (χ3n) is 3.47. The van der Waals surface area contributed by atoms with Gasteiger partial charge in [-0.25, -0.2) is 13.4 Å². The van der Waals surface area contributed by atoms with E-state index < -0.39 is 21.5 Å². The third-order valence-corrected chi connectivity index (χ3v) is 5.83. The fourth-order valence-corrected chi connectivity index (χ4v) is 4.43. The Labute approximate surface area is 157 Å². The molecule has 0 spiro atoms. The molecule has 142 valence electrons. The molecule has 0 N–H and O–H groups in total. The highest BCUT2D eigenvalue weighted by Crippen LogP contribution is 2.34. The Hall–Kier alpha value is -2.13. The van der Waals surface area contributed by atoms with Crippen molar-refractivity contribution in [3.8, 4) is 22.1 Å². The molecule has 2 aromatic rings. The van der Waals surface area contributed by atoms with Crippen LogP contribution in [0.2, 0.25) is 0 Å². The number of aromatic nitrogens is 1. The van der Waals surface area contributed by atoms with Crippen LogP contribution in [0.25, 0.3) is 10.6 Å². The Balaban J connectivity index is 2.18. The van der Waals surface area contributed by atoms with Crippen molar-refractivity contribution in [3.63, 3.8) is 0 Å². The van der Waals surface area contributed by atoms with Gasteiger partial charge in [-0.05, 0) is 25.1 Å². The monoisotopic (exact) mass is 398 g/mol. The van der Waals surface area contributed by atoms with Gasteiger partial charge in [-0.15, -0.1) is 11.3 Å². The summed E-state index contributed by atoms with van der Waals surface area (Å²) >= 11 is 1.34. The third kappa shape index (κ3) is 5.18. The number of methoxy groups -OCH3 is 1. The van der Waals surface area contributed by atoms with E-state index in [1.165, 1.54) is 30.3 Å². The lowest BCUT2D eigenvalue weighted by molar-refractivity contribution is -0.125. The van der Waals surface area contributed by atoms with Crippen LogP contribution in [0.4, 0.5) is 0 Å². The van der Waals surface area contributed by atoms with E-state index >= 15 is 0 Å². The molecule has 2 rings (SSSR count). The van der Waals surface area contributed by atoms with E-state index in [-0.39, 0.29) is 5.75 Å². The largest absolute Gasteiger partial charge is 0.493 e. The van der Waals surface area contributed by atoms with Gasteiger partial charge in [0, 0.05) is 25.0 Å². The molecule has 0 fully saturated rings. The van der Waals surface area contributed by atoms with Gasteiger partial charge >= 0.3 is 0 Å². The molecule has 1 amide bonds. The first-order valence-electron chi connectivity index (χ1n) is 7.92. The Morgan fingerprint density at radius 1 is 1.27 bits per heavy atom. The van der Waals surface area contributed by atoms with E-state index in [9.17, 15) is 13.2 Å². The SMILES string of the molecule is CCOc1ccc(-c2nc(CS(=O)(=O)CC(=O)N(C)C)cs2)cc1OC. The summed E-state index contributed by atoms with van der Waals surface area (Å²) in [5, 5.41) is 2.37. The zero-order chi connectivity index (χ0) is 19.3. The average Bonchev–Trinajstić information content (AvgIpc) is 3.02. The summed E-state index contributed by atoms with van der Waals surface area (Å²) in [6.45, 7) is 2.42. The number of rotatable bonds is 8. The average molecular weight is 399 g/mol. The second-order valence-corrected chi connectivity index (χ2v) is 8.69. The lowest BCUT2D eigenvalue weighted by Crippen LogP contribution is -2.29. The molecule has 0 aliphatic carbocycles. The molecular weight excluding hydrogens is 376 g/mol. The van der Waals surface area contributed by atoms with Crippen LogP contribution >= 0.6 is 11.3 Å². The van der Waals surface area contributed by atoms with E-state index in [0.29, 0.717) is 28.8 Å². The van der Waals surface area contributed by atoms with Gasteiger partial charge in [0.05, 0.1) is 25.2 Å². The van der Waals surface area contributed by atoms with Crippen LogP contribution in [0.15, 0.2) is 23.6 Å². The Bertz CT molecular complexity index is 875. The fraction of sp³-hybridized carbons (Fsp3) is 0.412. The molecule has 0 unspecified atom stereocenters. The van der Waals surface area contributed by atoms with Crippen molar-refractivity contribution >= 4 is 27.1 Å². The smallest absolute Gasteiger partial charge is 0.237 e. The van der Waals surface area contributed by atoms with Crippen LogP contribution in [0.1, 0.15) is 12.6 Å². The highest BCUT2D eigenvalue weighted by atomic mass is 32.2. The van der Waals surface area contributed by atoms with Gasteiger partial charge in [0.2, 0.25) is 5.91 Å². The van der Waals surface area contributed by atoms with Crippen molar-refractivity contribution in [2.75, 3.05) is 33.6 Å². The fourth-order valence-electron chi connectivity index (χ4n) is 2.17. The number of hydrogen-bond donors (Lipinski definition) is 0. The van der Waals surface area contributed by atoms with Crippen molar-refractivity contribution in [3.05, 3.63) is 29.3 Å². The van der Waals surface area contributed by atoms with E-state index in [1.807, 2.05) is 13.0 Å². The second-order valence-electron chi connectivity index (χ2n) is 5.76. The predicted molar refractivity (Wildman–Crippen MR) is 101 cm³/mol. The number of nitrogens with zero attached hydrogens (tertiary/aromatic N) is 2. The normalized spacial score (nSPS) is 11.2. The van der Waals surface area contributed by atoms with Gasteiger partial charge in [0.1, 0.15) is 10.8 Å². The van der Waals surface area contributed by atoms with Crippen LogP contribution in [0.3, 0.4) is 0 Å². The summed E-state index contributed by atoms with van der Waals surface area (Å²) in [4.78, 5) is 17.3. The molecule has 9 heteroatoms. The van der Waals surface area contributed by atoms with Crippen molar-refractivity contribution in [1.29, 1.82) is 0 Å². The standard InChI is InChI=1S/C17H22N2O5S2/c1-5-24-14-7-6-12(8-15(14)23-4)17-18-13(9-25-17)10-26(21,22)11-16(20)19(2)3/h6-9H,5,10-11H2,1-4H3. The van der Waals surface area contributed by atoms with Gasteiger partial charge in [-0.3, -0.25) is 4.79 Å². The zero-order valence-electron chi connectivity index (χ0n) is 15.2. The van der Waals surface area contributed by atoms with E-state index in [4.69, 9.17) is 9.47 Å². The first kappa shape index (κ1) is 20.2. The maximum atomic E-state index is 12.2. The molecule has 0 atom stereocenters. The number of ether oxygens (including phenoxy) is 2. The van der Waals surface area contributed by atoms with Gasteiger partial charge < -0.3 is 14.4 Å². The molecule has 0 aliphatic heterocycles. The summed E-state index contributed by atoms with van der Waals surface area (Å²) in [5.41, 5.74) is 1.23. The lowest BCUT2D eigenvalue weighted by atomic mass is 10.2. The van der Waals surface area contributed by atoms with E-state index in [1.54, 1.807) is 24.6 Å². The van der Waals surface area contributed by atoms with Crippen LogP contribution in [-0.2, 0) is 20.4 Å². The minimum Gasteiger partial charge on any atom is -0.493 e. The number of thiazole rings is 1. The summed E-state index contributed by atoms with van der Waals surface area (Å²) in [6.07, 6.45) is 0. The Kier molecular flexibility index (Phi) is 6.60. The number of carbonyl (C=O) groups excluding carboxylic acids is 1. The second kappa shape index (κ2) is 8.50. The molecule has 1 aromatic carbocycles. The van der Waals surface area contributed by atoms with Crippen molar-refractivity contribution in [1.82, 2.24) is 9.88 Å². The Morgan fingerprint density at radius 3 is 2.62 bits per heavy atom. The number of benzene rings is 1. The van der Waals surface area contributed by atoms with Gasteiger partial charge in [-0.2, -0.15) is 0 Å². The number of amides is 1. The molecule has 1 aromatic heterocycles. The molecule has 7 nitrogen and oxygen atoms in total. The van der Waals surface area contributed by atoms with E-state index in [2.05, 4.69) is 4.98 Å². The molecule has 1 heterocycles. The molecule has 0 radical (unpaired) electrons. The van der Waals surface area contributed by atoms with Crippen molar-refractivity contribution in [2.24, 2.45) is 0 Å². The minimum atomic E-state index is -3.57. The molecular formula is C17H22N2O5S2. The molecule has 0 saturated heterocycles. The first-order valence-corrected chi connectivity index (χ1v) is 10.6. The number of carbonyl (C=O) groups is 1. The topological polar surface area (TPSA) is 85.8 Å². The maximum absolute atomic E-state index is 12.2. The highest BCUT2D eigenvalue weighted by Gasteiger charge is 2.20.